The average Bonchev–Trinajstić information content (AvgIpc) is 2.76. The molecule has 0 aliphatic heterocycles. The number of ether oxygens (including phenoxy) is 1. The van der Waals surface area contributed by atoms with E-state index in [-0.39, 0.29) is 21.2 Å². The number of hydrogen-bond acceptors (Lipinski definition) is 5. The fourth-order valence-electron chi connectivity index (χ4n) is 2.47. The number of nitrogens with zero attached hydrogens (tertiary/aromatic N) is 1. The first-order valence-electron chi connectivity index (χ1n) is 8.74. The number of hydrazone groups is 1. The van der Waals surface area contributed by atoms with Crippen molar-refractivity contribution in [2.24, 2.45) is 5.10 Å². The lowest BCUT2D eigenvalue weighted by molar-refractivity contribution is 0.0955. The molecule has 0 aliphatic carbocycles. The number of anilines is 1. The van der Waals surface area contributed by atoms with Crippen LogP contribution >= 0.6 is 11.6 Å². The predicted octanol–water partition coefficient (Wildman–Crippen LogP) is 3.91. The van der Waals surface area contributed by atoms with Gasteiger partial charge in [-0.25, -0.2) is 13.8 Å². The minimum atomic E-state index is -3.93. The van der Waals surface area contributed by atoms with Gasteiger partial charge in [-0.15, -0.1) is 0 Å². The van der Waals surface area contributed by atoms with E-state index in [9.17, 15) is 13.2 Å². The molecular weight excluding hydrogens is 426 g/mol. The van der Waals surface area contributed by atoms with E-state index in [1.54, 1.807) is 55.6 Å². The van der Waals surface area contributed by atoms with Crippen molar-refractivity contribution >= 4 is 39.4 Å². The lowest BCUT2D eigenvalue weighted by atomic mass is 10.2. The van der Waals surface area contributed by atoms with E-state index in [2.05, 4.69) is 15.2 Å². The number of carbonyl (C=O) groups excluding carboxylic acids is 1. The van der Waals surface area contributed by atoms with E-state index in [4.69, 9.17) is 16.3 Å². The van der Waals surface area contributed by atoms with Crippen LogP contribution in [0.4, 0.5) is 5.69 Å². The molecule has 0 aromatic heterocycles. The largest absolute Gasteiger partial charge is 0.497 e. The van der Waals surface area contributed by atoms with Gasteiger partial charge in [-0.1, -0.05) is 29.8 Å². The third-order valence-corrected chi connectivity index (χ3v) is 5.71. The van der Waals surface area contributed by atoms with E-state index in [1.807, 2.05) is 0 Å². The molecule has 9 heteroatoms. The average molecular weight is 444 g/mol. The number of halogens is 1. The molecule has 0 aliphatic rings. The maximum Gasteiger partial charge on any atom is 0.271 e. The van der Waals surface area contributed by atoms with E-state index in [0.717, 1.165) is 5.56 Å². The van der Waals surface area contributed by atoms with Gasteiger partial charge < -0.3 is 4.74 Å². The van der Waals surface area contributed by atoms with Crippen LogP contribution in [0.1, 0.15) is 15.9 Å². The summed E-state index contributed by atoms with van der Waals surface area (Å²) in [6.07, 6.45) is 1.47. The molecule has 0 unspecified atom stereocenters. The second kappa shape index (κ2) is 9.43. The zero-order valence-electron chi connectivity index (χ0n) is 15.9. The lowest BCUT2D eigenvalue weighted by Gasteiger charge is -2.10. The molecule has 7 nitrogen and oxygen atoms in total. The molecule has 0 saturated heterocycles. The van der Waals surface area contributed by atoms with Gasteiger partial charge in [0.05, 0.1) is 28.9 Å². The number of rotatable bonds is 7. The summed E-state index contributed by atoms with van der Waals surface area (Å²) >= 11 is 6.01. The number of methoxy groups -OCH3 is 1. The van der Waals surface area contributed by atoms with Crippen LogP contribution in [-0.2, 0) is 10.0 Å². The molecule has 1 amide bonds. The number of hydrogen-bond donors (Lipinski definition) is 2. The van der Waals surface area contributed by atoms with Crippen LogP contribution in [0.15, 0.2) is 82.8 Å². The summed E-state index contributed by atoms with van der Waals surface area (Å²) in [4.78, 5) is 12.3. The van der Waals surface area contributed by atoms with E-state index < -0.39 is 15.9 Å². The maximum atomic E-state index is 12.6. The molecule has 3 rings (SSSR count). The van der Waals surface area contributed by atoms with Gasteiger partial charge in [0.1, 0.15) is 5.75 Å². The third kappa shape index (κ3) is 5.37. The van der Waals surface area contributed by atoms with Gasteiger partial charge >= 0.3 is 0 Å². The monoisotopic (exact) mass is 443 g/mol. The highest BCUT2D eigenvalue weighted by molar-refractivity contribution is 7.92. The lowest BCUT2D eigenvalue weighted by Crippen LogP contribution is -2.19. The summed E-state index contributed by atoms with van der Waals surface area (Å²) in [5.74, 6) is 0.161. The van der Waals surface area contributed by atoms with E-state index in [1.165, 1.54) is 30.5 Å². The van der Waals surface area contributed by atoms with Gasteiger partial charge in [-0.3, -0.25) is 9.52 Å². The fourth-order valence-corrected chi connectivity index (χ4v) is 3.84. The highest BCUT2D eigenvalue weighted by atomic mass is 35.5. The fraction of sp³-hybridized carbons (Fsp3) is 0.0476. The summed E-state index contributed by atoms with van der Waals surface area (Å²) < 4.78 is 32.8. The quantitative estimate of drug-likeness (QED) is 0.427. The van der Waals surface area contributed by atoms with Gasteiger partial charge in [0.15, 0.2) is 0 Å². The molecule has 2 N–H and O–H groups in total. The molecular formula is C21H18ClN3O4S. The molecule has 0 saturated carbocycles. The summed E-state index contributed by atoms with van der Waals surface area (Å²) in [6, 6.07) is 19.2. The Morgan fingerprint density at radius 3 is 2.47 bits per heavy atom. The molecule has 0 atom stereocenters. The van der Waals surface area contributed by atoms with Gasteiger partial charge in [0.2, 0.25) is 0 Å². The molecule has 0 radical (unpaired) electrons. The summed E-state index contributed by atoms with van der Waals surface area (Å²) in [7, 11) is -2.36. The topological polar surface area (TPSA) is 96.9 Å². The Hall–Kier alpha value is -3.36. The Bertz CT molecular complexity index is 1180. The van der Waals surface area contributed by atoms with Gasteiger partial charge in [0.25, 0.3) is 15.9 Å². The highest BCUT2D eigenvalue weighted by Gasteiger charge is 2.17. The minimum Gasteiger partial charge on any atom is -0.497 e. The molecule has 0 spiro atoms. The first-order chi connectivity index (χ1) is 14.4. The predicted molar refractivity (Wildman–Crippen MR) is 117 cm³/mol. The van der Waals surface area contributed by atoms with Crippen LogP contribution in [-0.4, -0.2) is 27.6 Å². The SMILES string of the molecule is COc1ccc(C=NNC(=O)c2cccc(S(=O)(=O)Nc3ccccc3Cl)c2)cc1. The zero-order chi connectivity index (χ0) is 21.6. The maximum absolute atomic E-state index is 12.6. The Morgan fingerprint density at radius 1 is 1.03 bits per heavy atom. The molecule has 0 bridgehead atoms. The van der Waals surface area contributed by atoms with Crippen molar-refractivity contribution in [1.82, 2.24) is 5.43 Å². The number of para-hydroxylation sites is 1. The molecule has 0 fully saturated rings. The van der Waals surface area contributed by atoms with Crippen molar-refractivity contribution in [2.75, 3.05) is 11.8 Å². The van der Waals surface area contributed by atoms with Crippen LogP contribution in [0.2, 0.25) is 5.02 Å². The minimum absolute atomic E-state index is 0.0748. The van der Waals surface area contributed by atoms with Gasteiger partial charge in [-0.05, 0) is 60.2 Å². The smallest absolute Gasteiger partial charge is 0.271 e. The van der Waals surface area contributed by atoms with E-state index >= 15 is 0 Å². The van der Waals surface area contributed by atoms with Crippen molar-refractivity contribution in [3.63, 3.8) is 0 Å². The number of carbonyl (C=O) groups is 1. The molecule has 30 heavy (non-hydrogen) atoms. The Morgan fingerprint density at radius 2 is 1.77 bits per heavy atom. The van der Waals surface area contributed by atoms with Crippen molar-refractivity contribution in [2.45, 2.75) is 4.90 Å². The number of sulfonamides is 1. The van der Waals surface area contributed by atoms with Gasteiger partial charge in [0, 0.05) is 5.56 Å². The van der Waals surface area contributed by atoms with Gasteiger partial charge in [-0.2, -0.15) is 5.10 Å². The van der Waals surface area contributed by atoms with Crippen LogP contribution in [0.25, 0.3) is 0 Å². The zero-order valence-corrected chi connectivity index (χ0v) is 17.4. The molecule has 0 heterocycles. The second-order valence-electron chi connectivity index (χ2n) is 6.09. The van der Waals surface area contributed by atoms with Crippen LogP contribution in [0.5, 0.6) is 5.75 Å². The van der Waals surface area contributed by atoms with Crippen LogP contribution in [0, 0.1) is 0 Å². The Kier molecular flexibility index (Phi) is 6.71. The third-order valence-electron chi connectivity index (χ3n) is 4.02. The summed E-state index contributed by atoms with van der Waals surface area (Å²) in [6.45, 7) is 0. The second-order valence-corrected chi connectivity index (χ2v) is 8.18. The summed E-state index contributed by atoms with van der Waals surface area (Å²) in [5.41, 5.74) is 3.53. The Labute approximate surface area is 179 Å². The molecule has 154 valence electrons. The molecule has 3 aromatic carbocycles. The number of nitrogens with one attached hydrogen (secondary N) is 2. The molecule has 3 aromatic rings. The first kappa shape index (κ1) is 21.4. The van der Waals surface area contributed by atoms with E-state index in [0.29, 0.717) is 5.75 Å². The number of benzene rings is 3. The van der Waals surface area contributed by atoms with Crippen molar-refractivity contribution in [3.8, 4) is 5.75 Å². The van der Waals surface area contributed by atoms with Crippen molar-refractivity contribution < 1.29 is 17.9 Å². The first-order valence-corrected chi connectivity index (χ1v) is 10.6. The normalized spacial score (nSPS) is 11.3. The number of amides is 1. The van der Waals surface area contributed by atoms with Crippen molar-refractivity contribution in [3.05, 3.63) is 88.9 Å². The van der Waals surface area contributed by atoms with Crippen LogP contribution in [0.3, 0.4) is 0 Å². The summed E-state index contributed by atoms with van der Waals surface area (Å²) in [5, 5.41) is 4.16. The standard InChI is InChI=1S/C21H18ClN3O4S/c1-29-17-11-9-15(10-12-17)14-23-24-21(26)16-5-4-6-18(13-16)30(27,28)25-20-8-3-2-7-19(20)22/h2-14,25H,1H3,(H,24,26). The Balaban J connectivity index is 1.71. The van der Waals surface area contributed by atoms with Crippen LogP contribution < -0.4 is 14.9 Å². The van der Waals surface area contributed by atoms with Crippen molar-refractivity contribution in [1.29, 1.82) is 0 Å². The highest BCUT2D eigenvalue weighted by Crippen LogP contribution is 2.24.